The predicted octanol–water partition coefficient (Wildman–Crippen LogP) is 2.67. The number of ether oxygens (including phenoxy) is 2. The van der Waals surface area contributed by atoms with Crippen molar-refractivity contribution in [2.45, 2.75) is 13.3 Å². The maximum Gasteiger partial charge on any atom is 0.418 e. The van der Waals surface area contributed by atoms with Crippen LogP contribution in [0.2, 0.25) is 0 Å². The Morgan fingerprint density at radius 3 is 2.55 bits per heavy atom. The molecule has 0 unspecified atom stereocenters. The lowest BCUT2D eigenvalue weighted by Gasteiger charge is -2.20. The van der Waals surface area contributed by atoms with E-state index in [0.717, 1.165) is 0 Å². The van der Waals surface area contributed by atoms with Gasteiger partial charge >= 0.3 is 12.1 Å². The second-order valence-corrected chi connectivity index (χ2v) is 5.03. The average molecular weight is 374 g/mol. The number of benzene rings is 1. The number of nitrogens with zero attached hydrogens (tertiary/aromatic N) is 1. The quantitative estimate of drug-likeness (QED) is 0.608. The number of anilines is 1. The van der Waals surface area contributed by atoms with Crippen molar-refractivity contribution in [3.63, 3.8) is 0 Å². The number of hydrogen-bond donors (Lipinski definition) is 1. The highest BCUT2D eigenvalue weighted by atomic mass is 79.9. The van der Waals surface area contributed by atoms with Gasteiger partial charge in [0.25, 0.3) is 0 Å². The summed E-state index contributed by atoms with van der Waals surface area (Å²) in [7, 11) is 1.18. The second-order valence-electron chi connectivity index (χ2n) is 4.11. The van der Waals surface area contributed by atoms with E-state index in [1.165, 1.54) is 25.3 Å². The molecule has 0 saturated carbocycles. The first-order valence-corrected chi connectivity index (χ1v) is 7.23. The molecule has 8 heteroatoms. The van der Waals surface area contributed by atoms with Crippen molar-refractivity contribution < 1.29 is 29.0 Å². The molecule has 120 valence electrons. The Balaban J connectivity index is 3.18. The molecule has 0 radical (unpaired) electrons. The van der Waals surface area contributed by atoms with Gasteiger partial charge in [0.05, 0.1) is 31.4 Å². The summed E-state index contributed by atoms with van der Waals surface area (Å²) in [5, 5.41) is 9.30. The first kappa shape index (κ1) is 18.1. The zero-order valence-electron chi connectivity index (χ0n) is 12.2. The van der Waals surface area contributed by atoms with Gasteiger partial charge in [-0.15, -0.1) is 0 Å². The van der Waals surface area contributed by atoms with E-state index >= 15 is 0 Å². The number of carbonyl (C=O) groups is 3. The molecular formula is C14H16BrNO6. The number of carbonyl (C=O) groups excluding carboxylic acids is 2. The standard InChI is InChI=1S/C14H16BrNO6/c1-3-22-7-6-12(17)16(14(19)20)11-5-4-9(15)8-10(11)13(18)21-2/h4-5,8H,3,6-7H2,1-2H3,(H,19,20). The molecule has 0 aliphatic rings. The number of amides is 2. The van der Waals surface area contributed by atoms with Crippen LogP contribution in [0, 0.1) is 0 Å². The summed E-state index contributed by atoms with van der Waals surface area (Å²) >= 11 is 3.19. The van der Waals surface area contributed by atoms with Crippen LogP contribution < -0.4 is 4.90 Å². The van der Waals surface area contributed by atoms with Crippen LogP contribution >= 0.6 is 15.9 Å². The molecule has 7 nitrogen and oxygen atoms in total. The van der Waals surface area contributed by atoms with E-state index in [-0.39, 0.29) is 24.3 Å². The van der Waals surface area contributed by atoms with E-state index in [0.29, 0.717) is 16.0 Å². The molecule has 1 aromatic carbocycles. The van der Waals surface area contributed by atoms with Crippen LogP contribution in [0.4, 0.5) is 10.5 Å². The molecule has 2 amide bonds. The van der Waals surface area contributed by atoms with Crippen LogP contribution in [0.5, 0.6) is 0 Å². The fraction of sp³-hybridized carbons (Fsp3) is 0.357. The van der Waals surface area contributed by atoms with E-state index in [9.17, 15) is 19.5 Å². The van der Waals surface area contributed by atoms with Gasteiger partial charge in [-0.3, -0.25) is 4.79 Å². The van der Waals surface area contributed by atoms with E-state index in [1.807, 2.05) is 0 Å². The van der Waals surface area contributed by atoms with E-state index in [4.69, 9.17) is 4.74 Å². The Morgan fingerprint density at radius 2 is 2.00 bits per heavy atom. The highest BCUT2D eigenvalue weighted by Crippen LogP contribution is 2.26. The Labute approximate surface area is 135 Å². The minimum Gasteiger partial charge on any atom is -0.465 e. The zero-order chi connectivity index (χ0) is 16.7. The monoisotopic (exact) mass is 373 g/mol. The van der Waals surface area contributed by atoms with Gasteiger partial charge in [-0.25, -0.2) is 14.5 Å². The summed E-state index contributed by atoms with van der Waals surface area (Å²) in [6.07, 6.45) is -1.59. The molecule has 1 N–H and O–H groups in total. The number of hydrogen-bond acceptors (Lipinski definition) is 5. The third-order valence-corrected chi connectivity index (χ3v) is 3.20. The first-order valence-electron chi connectivity index (χ1n) is 6.43. The molecule has 0 saturated heterocycles. The zero-order valence-corrected chi connectivity index (χ0v) is 13.8. The Hall–Kier alpha value is -1.93. The molecule has 0 bridgehead atoms. The van der Waals surface area contributed by atoms with Crippen LogP contribution in [-0.2, 0) is 14.3 Å². The topological polar surface area (TPSA) is 93.1 Å². The van der Waals surface area contributed by atoms with Gasteiger partial charge in [0.15, 0.2) is 0 Å². The van der Waals surface area contributed by atoms with Crippen molar-refractivity contribution >= 4 is 39.6 Å². The summed E-state index contributed by atoms with van der Waals surface area (Å²) in [6.45, 7) is 2.29. The molecule has 0 spiro atoms. The lowest BCUT2D eigenvalue weighted by atomic mass is 10.1. The largest absolute Gasteiger partial charge is 0.465 e. The number of methoxy groups -OCH3 is 1. The normalized spacial score (nSPS) is 10.1. The molecule has 0 aliphatic heterocycles. The van der Waals surface area contributed by atoms with Gasteiger partial charge in [-0.05, 0) is 25.1 Å². The predicted molar refractivity (Wildman–Crippen MR) is 82.1 cm³/mol. The van der Waals surface area contributed by atoms with Gasteiger partial charge < -0.3 is 14.6 Å². The average Bonchev–Trinajstić information content (AvgIpc) is 2.48. The van der Waals surface area contributed by atoms with Crippen LogP contribution in [-0.4, -0.2) is 43.4 Å². The van der Waals surface area contributed by atoms with Crippen LogP contribution in [0.3, 0.4) is 0 Å². The van der Waals surface area contributed by atoms with Crippen LogP contribution in [0.1, 0.15) is 23.7 Å². The van der Waals surface area contributed by atoms with Crippen molar-refractivity contribution in [1.29, 1.82) is 0 Å². The van der Waals surface area contributed by atoms with E-state index in [2.05, 4.69) is 20.7 Å². The maximum atomic E-state index is 12.1. The highest BCUT2D eigenvalue weighted by Gasteiger charge is 2.27. The van der Waals surface area contributed by atoms with Gasteiger partial charge in [0.2, 0.25) is 5.91 Å². The van der Waals surface area contributed by atoms with Crippen molar-refractivity contribution in [1.82, 2.24) is 0 Å². The van der Waals surface area contributed by atoms with Gasteiger partial charge in [-0.2, -0.15) is 0 Å². The van der Waals surface area contributed by atoms with E-state index in [1.54, 1.807) is 6.92 Å². The molecule has 22 heavy (non-hydrogen) atoms. The fourth-order valence-corrected chi connectivity index (χ4v) is 2.10. The third kappa shape index (κ3) is 4.54. The Morgan fingerprint density at radius 1 is 1.32 bits per heavy atom. The van der Waals surface area contributed by atoms with E-state index < -0.39 is 18.0 Å². The van der Waals surface area contributed by atoms with Gasteiger partial charge in [0.1, 0.15) is 0 Å². The van der Waals surface area contributed by atoms with Crippen molar-refractivity contribution in [2.75, 3.05) is 25.2 Å². The summed E-state index contributed by atoms with van der Waals surface area (Å²) in [5.41, 5.74) is -0.0758. The summed E-state index contributed by atoms with van der Waals surface area (Å²) in [5.74, 6) is -1.42. The van der Waals surface area contributed by atoms with Gasteiger partial charge in [-0.1, -0.05) is 15.9 Å². The van der Waals surface area contributed by atoms with Crippen molar-refractivity contribution in [2.24, 2.45) is 0 Å². The molecule has 0 heterocycles. The summed E-state index contributed by atoms with van der Waals surface area (Å²) in [6, 6.07) is 4.30. The van der Waals surface area contributed by atoms with Crippen molar-refractivity contribution in [3.8, 4) is 0 Å². The molecular weight excluding hydrogens is 358 g/mol. The number of imide groups is 1. The lowest BCUT2D eigenvalue weighted by molar-refractivity contribution is -0.119. The number of halogens is 1. The maximum absolute atomic E-state index is 12.1. The minimum absolute atomic E-state index is 0.0240. The fourth-order valence-electron chi connectivity index (χ4n) is 1.74. The van der Waals surface area contributed by atoms with Gasteiger partial charge in [0, 0.05) is 11.1 Å². The molecule has 0 aromatic heterocycles. The molecule has 1 aromatic rings. The SMILES string of the molecule is CCOCCC(=O)N(C(=O)O)c1ccc(Br)cc1C(=O)OC. The lowest BCUT2D eigenvalue weighted by Crippen LogP contribution is -2.37. The smallest absolute Gasteiger partial charge is 0.418 e. The van der Waals surface area contributed by atoms with Crippen LogP contribution in [0.25, 0.3) is 0 Å². The summed E-state index contributed by atoms with van der Waals surface area (Å²) < 4.78 is 10.2. The third-order valence-electron chi connectivity index (χ3n) is 2.71. The summed E-state index contributed by atoms with van der Waals surface area (Å²) in [4.78, 5) is 35.9. The molecule has 0 fully saturated rings. The number of esters is 1. The Kier molecular flexibility index (Phi) is 7.00. The molecule has 0 aliphatic carbocycles. The number of carboxylic acid groups (broad SMARTS) is 1. The molecule has 1 rings (SSSR count). The number of rotatable bonds is 6. The highest BCUT2D eigenvalue weighted by molar-refractivity contribution is 9.10. The molecule has 0 atom stereocenters. The second kappa shape index (κ2) is 8.50. The Bertz CT molecular complexity index is 574. The van der Waals surface area contributed by atoms with Crippen molar-refractivity contribution in [3.05, 3.63) is 28.2 Å². The van der Waals surface area contributed by atoms with Crippen LogP contribution in [0.15, 0.2) is 22.7 Å². The first-order chi connectivity index (χ1) is 10.4. The minimum atomic E-state index is -1.48.